The number of hydrogen-bond acceptors (Lipinski definition) is 0. The average Bonchev–Trinajstić information content (AvgIpc) is 3.20. The van der Waals surface area contributed by atoms with Crippen molar-refractivity contribution < 1.29 is 0 Å². The summed E-state index contributed by atoms with van der Waals surface area (Å²) in [6.45, 7) is 0. The maximum atomic E-state index is 2.40. The van der Waals surface area contributed by atoms with Crippen LogP contribution in [-0.4, -0.2) is 0 Å². The molecular weight excluding hydrogens is 264 g/mol. The Morgan fingerprint density at radius 1 is 0.727 bits per heavy atom. The van der Waals surface area contributed by atoms with Gasteiger partial charge in [0.15, 0.2) is 0 Å². The first-order valence-corrected chi connectivity index (χ1v) is 8.98. The van der Waals surface area contributed by atoms with Gasteiger partial charge >= 0.3 is 0 Å². The van der Waals surface area contributed by atoms with Gasteiger partial charge in [0.05, 0.1) is 0 Å². The molecule has 2 aromatic carbocycles. The normalized spacial score (nSPS) is 39.1. The summed E-state index contributed by atoms with van der Waals surface area (Å²) in [6.07, 6.45) is 8.63. The van der Waals surface area contributed by atoms with Gasteiger partial charge in [-0.05, 0) is 42.2 Å². The first-order valence-electron chi connectivity index (χ1n) is 8.98. The summed E-state index contributed by atoms with van der Waals surface area (Å²) in [4.78, 5) is 0. The zero-order valence-corrected chi connectivity index (χ0v) is 13.2. The molecule has 0 aromatic heterocycles. The van der Waals surface area contributed by atoms with Crippen LogP contribution in [-0.2, 0) is 10.8 Å². The van der Waals surface area contributed by atoms with Crippen molar-refractivity contribution in [1.29, 1.82) is 0 Å². The molecule has 0 radical (unpaired) electrons. The van der Waals surface area contributed by atoms with Crippen LogP contribution in [0.15, 0.2) is 60.7 Å². The lowest BCUT2D eigenvalue weighted by atomic mass is 9.71. The van der Waals surface area contributed by atoms with Crippen LogP contribution in [0.1, 0.15) is 49.7 Å². The van der Waals surface area contributed by atoms with E-state index >= 15 is 0 Å². The molecule has 22 heavy (non-hydrogen) atoms. The molecule has 0 aliphatic heterocycles. The molecule has 3 fully saturated rings. The quantitative estimate of drug-likeness (QED) is 0.686. The molecule has 3 saturated carbocycles. The first kappa shape index (κ1) is 12.9. The maximum Gasteiger partial charge on any atom is 0.00898 e. The highest BCUT2D eigenvalue weighted by molar-refractivity contribution is 5.53. The number of rotatable bonds is 2. The van der Waals surface area contributed by atoms with Crippen LogP contribution in [0.25, 0.3) is 0 Å². The molecule has 0 N–H and O–H groups in total. The van der Waals surface area contributed by atoms with E-state index in [0.29, 0.717) is 10.8 Å². The zero-order chi connectivity index (χ0) is 14.6. The fraction of sp³-hybridized carbons (Fsp3) is 0.455. The molecule has 0 heteroatoms. The Kier molecular flexibility index (Phi) is 2.63. The van der Waals surface area contributed by atoms with Crippen LogP contribution >= 0.6 is 0 Å². The minimum Gasteiger partial charge on any atom is -0.0622 e. The third-order valence-corrected chi connectivity index (χ3v) is 7.08. The summed E-state index contributed by atoms with van der Waals surface area (Å²) in [5.41, 5.74) is 4.11. The molecule has 3 aliphatic carbocycles. The highest BCUT2D eigenvalue weighted by atomic mass is 14.8. The maximum absolute atomic E-state index is 2.40. The van der Waals surface area contributed by atoms with E-state index < -0.39 is 0 Å². The van der Waals surface area contributed by atoms with E-state index in [1.54, 1.807) is 11.1 Å². The molecule has 0 saturated heterocycles. The SMILES string of the molecule is c1ccc(C23CC4CCCCC4C2(c2ccccc2)C3)cc1. The van der Waals surface area contributed by atoms with Gasteiger partial charge in [0, 0.05) is 10.8 Å². The fourth-order valence-electron chi connectivity index (χ4n) is 6.28. The lowest BCUT2D eigenvalue weighted by molar-refractivity contribution is 0.223. The van der Waals surface area contributed by atoms with E-state index in [4.69, 9.17) is 0 Å². The summed E-state index contributed by atoms with van der Waals surface area (Å²) >= 11 is 0. The van der Waals surface area contributed by atoms with E-state index in [1.807, 2.05) is 0 Å². The van der Waals surface area contributed by atoms with Crippen molar-refractivity contribution in [3.63, 3.8) is 0 Å². The van der Waals surface area contributed by atoms with E-state index in [2.05, 4.69) is 60.7 Å². The van der Waals surface area contributed by atoms with Crippen LogP contribution in [0.4, 0.5) is 0 Å². The zero-order valence-electron chi connectivity index (χ0n) is 13.2. The molecule has 5 rings (SSSR count). The molecule has 0 bridgehead atoms. The standard InChI is InChI=1S/C22H24/c1-3-10-18(11-4-1)21-15-17-9-7-8-14-20(17)22(21,16-21)19-12-5-2-6-13-19/h1-6,10-13,17,20H,7-9,14-16H2. The number of benzene rings is 2. The smallest absolute Gasteiger partial charge is 0.00898 e. The van der Waals surface area contributed by atoms with Crippen molar-refractivity contribution in [3.8, 4) is 0 Å². The third kappa shape index (κ3) is 1.49. The van der Waals surface area contributed by atoms with Crippen molar-refractivity contribution in [1.82, 2.24) is 0 Å². The Bertz CT molecular complexity index is 674. The van der Waals surface area contributed by atoms with Crippen molar-refractivity contribution in [3.05, 3.63) is 71.8 Å². The molecule has 0 amide bonds. The largest absolute Gasteiger partial charge is 0.0622 e. The topological polar surface area (TPSA) is 0 Å². The Labute approximate surface area is 133 Å². The van der Waals surface area contributed by atoms with E-state index in [1.165, 1.54) is 38.5 Å². The van der Waals surface area contributed by atoms with Crippen molar-refractivity contribution >= 4 is 0 Å². The van der Waals surface area contributed by atoms with Gasteiger partial charge < -0.3 is 0 Å². The van der Waals surface area contributed by atoms with Crippen LogP contribution in [0, 0.1) is 11.8 Å². The molecule has 3 aliphatic rings. The lowest BCUT2D eigenvalue weighted by Crippen LogP contribution is -2.27. The molecular formula is C22H24. The predicted molar refractivity (Wildman–Crippen MR) is 90.9 cm³/mol. The summed E-state index contributed by atoms with van der Waals surface area (Å²) < 4.78 is 0. The van der Waals surface area contributed by atoms with Gasteiger partial charge in [-0.3, -0.25) is 0 Å². The van der Waals surface area contributed by atoms with Gasteiger partial charge in [-0.1, -0.05) is 79.9 Å². The van der Waals surface area contributed by atoms with Crippen LogP contribution in [0.2, 0.25) is 0 Å². The van der Waals surface area contributed by atoms with Gasteiger partial charge in [0.1, 0.15) is 0 Å². The predicted octanol–water partition coefficient (Wildman–Crippen LogP) is 5.48. The lowest BCUT2D eigenvalue weighted by Gasteiger charge is -2.33. The van der Waals surface area contributed by atoms with E-state index in [9.17, 15) is 0 Å². The molecule has 112 valence electrons. The monoisotopic (exact) mass is 288 g/mol. The van der Waals surface area contributed by atoms with Crippen LogP contribution in [0.3, 0.4) is 0 Å². The van der Waals surface area contributed by atoms with E-state index in [0.717, 1.165) is 11.8 Å². The molecule has 0 spiro atoms. The number of hydrogen-bond donors (Lipinski definition) is 0. The summed E-state index contributed by atoms with van der Waals surface area (Å²) in [7, 11) is 0. The van der Waals surface area contributed by atoms with Gasteiger partial charge in [0.2, 0.25) is 0 Å². The molecule has 0 heterocycles. The Hall–Kier alpha value is -1.56. The summed E-state index contributed by atoms with van der Waals surface area (Å²) in [5.74, 6) is 1.88. The van der Waals surface area contributed by atoms with Crippen LogP contribution < -0.4 is 0 Å². The Balaban J connectivity index is 1.67. The van der Waals surface area contributed by atoms with Gasteiger partial charge in [-0.2, -0.15) is 0 Å². The second-order valence-electron chi connectivity index (χ2n) is 7.82. The molecule has 4 unspecified atom stereocenters. The molecule has 4 atom stereocenters. The van der Waals surface area contributed by atoms with Crippen molar-refractivity contribution in [2.24, 2.45) is 11.8 Å². The minimum atomic E-state index is 0.440. The molecule has 0 nitrogen and oxygen atoms in total. The second-order valence-corrected chi connectivity index (χ2v) is 7.82. The average molecular weight is 288 g/mol. The van der Waals surface area contributed by atoms with Crippen molar-refractivity contribution in [2.45, 2.75) is 49.4 Å². The second kappa shape index (κ2) is 4.47. The fourth-order valence-corrected chi connectivity index (χ4v) is 6.28. The van der Waals surface area contributed by atoms with E-state index in [-0.39, 0.29) is 0 Å². The Morgan fingerprint density at radius 2 is 1.36 bits per heavy atom. The number of fused-ring (bicyclic) bond motifs is 3. The third-order valence-electron chi connectivity index (χ3n) is 7.08. The first-order chi connectivity index (χ1) is 10.9. The highest BCUT2D eigenvalue weighted by Crippen LogP contribution is 2.79. The summed E-state index contributed by atoms with van der Waals surface area (Å²) in [6, 6.07) is 22.9. The van der Waals surface area contributed by atoms with Gasteiger partial charge in [0.25, 0.3) is 0 Å². The Morgan fingerprint density at radius 3 is 2.09 bits per heavy atom. The van der Waals surface area contributed by atoms with Gasteiger partial charge in [-0.15, -0.1) is 0 Å². The highest BCUT2D eigenvalue weighted by Gasteiger charge is 2.76. The molecule has 2 aromatic rings. The van der Waals surface area contributed by atoms with Crippen LogP contribution in [0.5, 0.6) is 0 Å². The van der Waals surface area contributed by atoms with Crippen molar-refractivity contribution in [2.75, 3.05) is 0 Å². The summed E-state index contributed by atoms with van der Waals surface area (Å²) in [5, 5.41) is 0. The minimum absolute atomic E-state index is 0.440. The van der Waals surface area contributed by atoms with Gasteiger partial charge in [-0.25, -0.2) is 0 Å².